The van der Waals surface area contributed by atoms with Crippen molar-refractivity contribution in [2.45, 2.75) is 76.9 Å². The van der Waals surface area contributed by atoms with Gasteiger partial charge in [0.1, 0.15) is 17.5 Å². The zero-order chi connectivity index (χ0) is 43.4. The minimum Gasteiger partial charge on any atom is -0.507 e. The van der Waals surface area contributed by atoms with Gasteiger partial charge in [-0.2, -0.15) is 0 Å². The van der Waals surface area contributed by atoms with Crippen LogP contribution >= 0.6 is 0 Å². The number of para-hydroxylation sites is 1. The Labute approximate surface area is 367 Å². The van der Waals surface area contributed by atoms with E-state index in [1.165, 1.54) is 18.4 Å². The highest BCUT2D eigenvalue weighted by Crippen LogP contribution is 2.46. The summed E-state index contributed by atoms with van der Waals surface area (Å²) >= 11 is 0. The third kappa shape index (κ3) is 8.19. The van der Waals surface area contributed by atoms with Crippen molar-refractivity contribution in [3.63, 3.8) is 0 Å². The molecule has 0 unspecified atom stereocenters. The number of phenolic OH excluding ortho intramolecular Hbond substituents is 1. The van der Waals surface area contributed by atoms with Crippen molar-refractivity contribution in [3.05, 3.63) is 88.7 Å². The number of nitrogens with two attached hydrogens (primary N) is 1. The molecule has 0 radical (unpaired) electrons. The van der Waals surface area contributed by atoms with Crippen LogP contribution < -0.4 is 20.9 Å². The number of urea groups is 1. The molecule has 1 atom stereocenters. The number of nitrogens with zero attached hydrogens (tertiary/aromatic N) is 8. The van der Waals surface area contributed by atoms with Crippen molar-refractivity contribution in [2.24, 2.45) is 5.92 Å². The number of anilines is 3. The Morgan fingerprint density at radius 3 is 2.46 bits per heavy atom. The summed E-state index contributed by atoms with van der Waals surface area (Å²) in [4.78, 5) is 51.6. The molecule has 15 heteroatoms. The molecule has 5 fully saturated rings. The van der Waals surface area contributed by atoms with Crippen molar-refractivity contribution in [1.29, 1.82) is 0 Å². The average Bonchev–Trinajstić information content (AvgIpc) is 4.07. The molecule has 2 saturated carbocycles. The summed E-state index contributed by atoms with van der Waals surface area (Å²) in [7, 11) is 0. The Hall–Kier alpha value is -6.06. The SMILES string of the molecule is Cc1cc([C@H]2CN(c3cc(-c4ccccc4O)nnc3N)CCO2)c(C)cc1C(=O)N1CCN(CC2CCC(n3cc(C4CC4)c4cc(N5CCC(=O)NC5=O)cnc43)CC2)CC1. The number of piperazine rings is 1. The lowest BCUT2D eigenvalue weighted by Crippen LogP contribution is -2.50. The molecular weight excluding hydrogens is 797 g/mol. The number of benzene rings is 2. The minimum atomic E-state index is -0.379. The van der Waals surface area contributed by atoms with E-state index in [-0.39, 0.29) is 29.7 Å². The van der Waals surface area contributed by atoms with E-state index in [1.54, 1.807) is 23.2 Å². The number of phenols is 1. The van der Waals surface area contributed by atoms with Crippen molar-refractivity contribution >= 4 is 46.1 Å². The maximum Gasteiger partial charge on any atom is 0.328 e. The van der Waals surface area contributed by atoms with Gasteiger partial charge in [-0.15, -0.1) is 10.2 Å². The topological polar surface area (TPSA) is 175 Å². The van der Waals surface area contributed by atoms with Gasteiger partial charge in [-0.3, -0.25) is 24.7 Å². The molecular formula is C48H56N10O5. The molecule has 10 rings (SSSR count). The molecule has 4 N–H and O–H groups in total. The van der Waals surface area contributed by atoms with Gasteiger partial charge in [0.15, 0.2) is 5.82 Å². The summed E-state index contributed by atoms with van der Waals surface area (Å²) in [5, 5.41) is 22.5. The number of imide groups is 1. The quantitative estimate of drug-likeness (QED) is 0.148. The maximum atomic E-state index is 14.0. The Morgan fingerprint density at radius 1 is 0.905 bits per heavy atom. The van der Waals surface area contributed by atoms with E-state index >= 15 is 0 Å². The highest BCUT2D eigenvalue weighted by atomic mass is 16.5. The predicted molar refractivity (Wildman–Crippen MR) is 241 cm³/mol. The lowest BCUT2D eigenvalue weighted by molar-refractivity contribution is -0.120. The number of carbonyl (C=O) groups excluding carboxylic acids is 3. The summed E-state index contributed by atoms with van der Waals surface area (Å²) in [6.07, 6.45) is 11.1. The monoisotopic (exact) mass is 852 g/mol. The Balaban J connectivity index is 0.737. The molecule has 0 bridgehead atoms. The van der Waals surface area contributed by atoms with E-state index in [0.717, 1.165) is 90.0 Å². The highest BCUT2D eigenvalue weighted by Gasteiger charge is 2.34. The number of aryl methyl sites for hydroxylation is 2. The van der Waals surface area contributed by atoms with Gasteiger partial charge in [0.2, 0.25) is 5.91 Å². The number of nitrogens with one attached hydrogen (secondary N) is 1. The first-order chi connectivity index (χ1) is 30.6. The average molecular weight is 853 g/mol. The molecule has 5 aromatic rings. The zero-order valence-corrected chi connectivity index (χ0v) is 36.1. The van der Waals surface area contributed by atoms with Gasteiger partial charge in [-0.25, -0.2) is 9.78 Å². The highest BCUT2D eigenvalue weighted by molar-refractivity contribution is 6.06. The van der Waals surface area contributed by atoms with Gasteiger partial charge in [0.05, 0.1) is 29.9 Å². The Morgan fingerprint density at radius 2 is 1.70 bits per heavy atom. The first kappa shape index (κ1) is 41.0. The number of pyridine rings is 1. The van der Waals surface area contributed by atoms with Gasteiger partial charge < -0.3 is 29.9 Å². The summed E-state index contributed by atoms with van der Waals surface area (Å²) in [5.41, 5.74) is 15.1. The molecule has 328 valence electrons. The third-order valence-corrected chi connectivity index (χ3v) is 14.0. The number of amides is 4. The number of fused-ring (bicyclic) bond motifs is 1. The molecule has 6 heterocycles. The predicted octanol–water partition coefficient (Wildman–Crippen LogP) is 6.49. The molecule has 0 spiro atoms. The molecule has 5 aliphatic rings. The number of morpholine rings is 1. The largest absolute Gasteiger partial charge is 0.507 e. The second-order valence-corrected chi connectivity index (χ2v) is 18.2. The maximum absolute atomic E-state index is 14.0. The van der Waals surface area contributed by atoms with Crippen LogP contribution in [0.3, 0.4) is 0 Å². The standard InChI is InChI=1S/C48H56N10O5/c1-29-22-37(30(2)21-36(29)43-28-56(19-20-63-43)41-24-40(52-53-45(41)49)35-5-3-4-6-42(35)59)47(61)55-17-15-54(16-18-55)26-31-7-11-33(12-8-31)58-27-39(32-9-10-32)38-23-34(25-50-46(38)58)57-14-13-44(60)51-48(57)62/h3-6,21-25,27,31-33,43,59H,7-20,26,28H2,1-2H3,(H2,49,53)(H,51,60,62)/t31?,33?,43-/m1/s1. The van der Waals surface area contributed by atoms with Crippen molar-refractivity contribution in [1.82, 2.24) is 34.9 Å². The fourth-order valence-electron chi connectivity index (χ4n) is 10.3. The van der Waals surface area contributed by atoms with E-state index in [9.17, 15) is 19.5 Å². The van der Waals surface area contributed by atoms with E-state index in [0.29, 0.717) is 80.7 Å². The molecule has 3 aromatic heterocycles. The lowest BCUT2D eigenvalue weighted by atomic mass is 9.85. The lowest BCUT2D eigenvalue weighted by Gasteiger charge is -2.38. The molecule has 3 saturated heterocycles. The fraction of sp³-hybridized carbons (Fsp3) is 0.458. The zero-order valence-electron chi connectivity index (χ0n) is 36.1. The summed E-state index contributed by atoms with van der Waals surface area (Å²) in [6, 6.07) is 15.2. The van der Waals surface area contributed by atoms with Crippen LogP contribution in [-0.2, 0) is 9.53 Å². The normalized spacial score (nSPS) is 22.4. The summed E-state index contributed by atoms with van der Waals surface area (Å²) < 4.78 is 8.73. The van der Waals surface area contributed by atoms with Gasteiger partial charge >= 0.3 is 6.03 Å². The second-order valence-electron chi connectivity index (χ2n) is 18.2. The Kier molecular flexibility index (Phi) is 11.0. The van der Waals surface area contributed by atoms with Crippen LogP contribution in [0.4, 0.5) is 22.0 Å². The minimum absolute atomic E-state index is 0.0837. The number of carbonyl (C=O) groups is 3. The summed E-state index contributed by atoms with van der Waals surface area (Å²) in [5.74, 6) is 1.47. The van der Waals surface area contributed by atoms with Crippen LogP contribution in [0.15, 0.2) is 60.9 Å². The van der Waals surface area contributed by atoms with Crippen molar-refractivity contribution in [3.8, 4) is 17.0 Å². The number of aromatic hydroxyl groups is 1. The van der Waals surface area contributed by atoms with E-state index in [2.05, 4.69) is 55.1 Å². The number of nitrogen functional groups attached to an aromatic ring is 1. The smallest absolute Gasteiger partial charge is 0.328 e. The second kappa shape index (κ2) is 16.9. The number of aromatic nitrogens is 4. The fourth-order valence-corrected chi connectivity index (χ4v) is 10.3. The molecule has 2 aliphatic carbocycles. The molecule has 3 aliphatic heterocycles. The molecule has 15 nitrogen and oxygen atoms in total. The first-order valence-corrected chi connectivity index (χ1v) is 22.6. The van der Waals surface area contributed by atoms with E-state index < -0.39 is 0 Å². The third-order valence-electron chi connectivity index (χ3n) is 14.0. The van der Waals surface area contributed by atoms with Crippen LogP contribution in [0, 0.1) is 19.8 Å². The van der Waals surface area contributed by atoms with Crippen molar-refractivity contribution in [2.75, 3.05) is 74.5 Å². The number of hydrogen-bond acceptors (Lipinski definition) is 11. The summed E-state index contributed by atoms with van der Waals surface area (Å²) in [6.45, 7) is 10.3. The van der Waals surface area contributed by atoms with Gasteiger partial charge in [-0.1, -0.05) is 18.2 Å². The first-order valence-electron chi connectivity index (χ1n) is 22.6. The van der Waals surface area contributed by atoms with Crippen molar-refractivity contribution < 1.29 is 24.2 Å². The van der Waals surface area contributed by atoms with Crippen LogP contribution in [0.5, 0.6) is 5.75 Å². The van der Waals surface area contributed by atoms with Gasteiger partial charge in [0, 0.05) is 87.5 Å². The van der Waals surface area contributed by atoms with Gasteiger partial charge in [-0.05, 0) is 117 Å². The van der Waals surface area contributed by atoms with Crippen LogP contribution in [0.25, 0.3) is 22.3 Å². The van der Waals surface area contributed by atoms with Gasteiger partial charge in [0.25, 0.3) is 5.91 Å². The molecule has 4 amide bonds. The molecule has 63 heavy (non-hydrogen) atoms. The Bertz CT molecular complexity index is 2570. The van der Waals surface area contributed by atoms with Crippen LogP contribution in [0.1, 0.15) is 95.6 Å². The van der Waals surface area contributed by atoms with E-state index in [4.69, 9.17) is 15.5 Å². The van der Waals surface area contributed by atoms with Crippen LogP contribution in [0.2, 0.25) is 0 Å². The molecule has 2 aromatic carbocycles. The van der Waals surface area contributed by atoms with E-state index in [1.807, 2.05) is 36.1 Å². The number of ether oxygens (including phenoxy) is 1. The van der Waals surface area contributed by atoms with Crippen LogP contribution in [-0.4, -0.2) is 111 Å². The number of hydrogen-bond donors (Lipinski definition) is 3. The number of rotatable bonds is 9.